The standard InChI is InChI=1S/C64H72N3O.Pt/c1-39(2)41-24-26-42(27-25-41)43-30-31-65-56(35-43)45-32-44(33-46(34-45)61(5,6)7)49-21-19-23-57-58(49)66-60(53-36-47(62(8,9)10)37-55(59(53)68)64(14,15)16)67(57)48-28-29-50(52(38-48)40(3)4)51-20-17-18-22-54(51)63(11,12)13;/h17-31,33-40,68H,1-16H3;/q-1;/i1D3,2D3,24D,25D,26D,27D,39D,40D;. The van der Waals surface area contributed by atoms with Gasteiger partial charge in [-0.25, -0.2) is 4.98 Å². The zero-order valence-corrected chi connectivity index (χ0v) is 44.7. The Morgan fingerprint density at radius 1 is 0.609 bits per heavy atom. The molecule has 360 valence electrons. The topological polar surface area (TPSA) is 50.9 Å². The molecule has 0 aliphatic rings. The first-order valence-corrected chi connectivity index (χ1v) is 23.4. The van der Waals surface area contributed by atoms with Crippen molar-refractivity contribution in [3.63, 3.8) is 0 Å². The third kappa shape index (κ3) is 10.3. The summed E-state index contributed by atoms with van der Waals surface area (Å²) in [6.45, 7) is 22.2. The zero-order valence-electron chi connectivity index (χ0n) is 54.4. The summed E-state index contributed by atoms with van der Waals surface area (Å²) in [6.07, 6.45) is 1.46. The predicted octanol–water partition coefficient (Wildman–Crippen LogP) is 17.7. The van der Waals surface area contributed by atoms with E-state index in [2.05, 4.69) is 142 Å². The van der Waals surface area contributed by atoms with Crippen LogP contribution in [0.25, 0.3) is 72.7 Å². The molecular formula is C64H72N3OPt-. The number of fused-ring (bicyclic) bond motifs is 1. The monoisotopic (exact) mass is 1110 g/mol. The van der Waals surface area contributed by atoms with E-state index in [-0.39, 0.29) is 48.8 Å². The van der Waals surface area contributed by atoms with Gasteiger partial charge in [0.05, 0.1) is 22.1 Å². The minimum absolute atomic E-state index is 0. The van der Waals surface area contributed by atoms with E-state index in [1.54, 1.807) is 6.07 Å². The summed E-state index contributed by atoms with van der Waals surface area (Å²) in [4.78, 5) is 10.3. The summed E-state index contributed by atoms with van der Waals surface area (Å²) in [6, 6.07) is 32.1. The van der Waals surface area contributed by atoms with Gasteiger partial charge in [0.1, 0.15) is 11.6 Å². The van der Waals surface area contributed by atoms with Gasteiger partial charge in [-0.2, -0.15) is 0 Å². The number of aromatic nitrogens is 3. The molecule has 0 atom stereocenters. The van der Waals surface area contributed by atoms with Crippen LogP contribution in [-0.2, 0) is 42.7 Å². The van der Waals surface area contributed by atoms with Gasteiger partial charge in [0, 0.05) is 55.2 Å². The van der Waals surface area contributed by atoms with Gasteiger partial charge in [-0.3, -0.25) is 9.55 Å². The minimum Gasteiger partial charge on any atom is -0.507 e. The Balaban J connectivity index is 0.00000946. The van der Waals surface area contributed by atoms with E-state index in [4.69, 9.17) is 25.0 Å². The fourth-order valence-corrected chi connectivity index (χ4v) is 8.86. The maximum atomic E-state index is 12.6. The number of rotatable bonds is 8. The van der Waals surface area contributed by atoms with Crippen LogP contribution in [0.1, 0.15) is 172 Å². The van der Waals surface area contributed by atoms with Gasteiger partial charge >= 0.3 is 0 Å². The number of aromatic hydroxyl groups is 1. The first kappa shape index (κ1) is 37.3. The van der Waals surface area contributed by atoms with Crippen LogP contribution in [0, 0.1) is 6.07 Å². The summed E-state index contributed by atoms with van der Waals surface area (Å²) in [5, 5.41) is 12.6. The van der Waals surface area contributed by atoms with Crippen LogP contribution < -0.4 is 0 Å². The molecule has 0 saturated heterocycles. The largest absolute Gasteiger partial charge is 0.507 e. The van der Waals surface area contributed by atoms with Crippen molar-refractivity contribution in [2.75, 3.05) is 0 Å². The average Bonchev–Trinajstić information content (AvgIpc) is 3.85. The smallest absolute Gasteiger partial charge is 0.148 e. The van der Waals surface area contributed by atoms with Gasteiger partial charge < -0.3 is 5.11 Å². The molecular weight excluding hydrogens is 1020 g/mol. The third-order valence-corrected chi connectivity index (χ3v) is 12.8. The molecule has 0 bridgehead atoms. The number of benzene rings is 6. The van der Waals surface area contributed by atoms with Crippen molar-refractivity contribution >= 4 is 11.0 Å². The molecule has 5 heteroatoms. The minimum atomic E-state index is -3.54. The number of nitrogens with zero attached hydrogens (tertiary/aromatic N) is 3. The fourth-order valence-electron chi connectivity index (χ4n) is 8.86. The molecule has 0 unspecified atom stereocenters. The molecule has 4 nitrogen and oxygen atoms in total. The Labute approximate surface area is 444 Å². The van der Waals surface area contributed by atoms with E-state index in [1.807, 2.05) is 50.2 Å². The van der Waals surface area contributed by atoms with E-state index in [0.717, 1.165) is 50.1 Å². The Bertz CT molecular complexity index is 3700. The van der Waals surface area contributed by atoms with Crippen molar-refractivity contribution in [2.45, 2.75) is 144 Å². The molecule has 0 saturated carbocycles. The molecule has 8 rings (SSSR count). The zero-order chi connectivity index (χ0) is 59.6. The Morgan fingerprint density at radius 3 is 1.88 bits per heavy atom. The van der Waals surface area contributed by atoms with Crippen LogP contribution in [0.5, 0.6) is 5.75 Å². The van der Waals surface area contributed by atoms with Gasteiger partial charge in [-0.15, -0.1) is 29.3 Å². The SMILES string of the molecule is [2H]c1c([2H])c(C([2H])(C([2H])([2H])[2H])C([2H])([2H])[2H])c([2H])c([2H])c1-c1ccnc(-c2[c-]c(-c3cccc4c3nc(-c3cc(C(C)(C)C)cc(C(C)(C)C)c3O)n4-c3ccc(-c4ccccc4C(C)(C)C)c(C([2H])(C)C)c3)cc(C(C)(C)C)c2)c1.[Pt]. The van der Waals surface area contributed by atoms with Crippen molar-refractivity contribution in [3.8, 4) is 67.5 Å². The number of pyridine rings is 1. The van der Waals surface area contributed by atoms with Crippen LogP contribution in [0.4, 0.5) is 0 Å². The van der Waals surface area contributed by atoms with E-state index in [1.165, 1.54) is 12.3 Å². The molecule has 0 radical (unpaired) electrons. The second-order valence-corrected chi connectivity index (χ2v) is 22.4. The molecule has 0 fully saturated rings. The molecule has 2 aromatic heterocycles. The van der Waals surface area contributed by atoms with Gasteiger partial charge in [0.25, 0.3) is 0 Å². The number of hydrogen-bond acceptors (Lipinski definition) is 3. The van der Waals surface area contributed by atoms with E-state index >= 15 is 0 Å². The number of imidazole rings is 1. The number of phenolic OH excluding ortho intramolecular Hbond substituents is 1. The van der Waals surface area contributed by atoms with E-state index in [0.29, 0.717) is 39.3 Å². The molecule has 6 aromatic carbocycles. The molecule has 0 aliphatic carbocycles. The Hall–Kier alpha value is -5.57. The number of hydrogen-bond donors (Lipinski definition) is 1. The van der Waals surface area contributed by atoms with Crippen molar-refractivity contribution in [3.05, 3.63) is 167 Å². The molecule has 2 heterocycles. The fraction of sp³-hybridized carbons (Fsp3) is 0.344. The Morgan fingerprint density at radius 2 is 1.25 bits per heavy atom. The van der Waals surface area contributed by atoms with Gasteiger partial charge in [0.15, 0.2) is 0 Å². The summed E-state index contributed by atoms with van der Waals surface area (Å²) in [5.41, 5.74) is 9.05. The van der Waals surface area contributed by atoms with Crippen LogP contribution in [0.15, 0.2) is 127 Å². The summed E-state index contributed by atoms with van der Waals surface area (Å²) < 4.78 is 105. The third-order valence-electron chi connectivity index (χ3n) is 12.8. The Kier molecular flexibility index (Phi) is 10.3. The maximum absolute atomic E-state index is 12.6. The first-order valence-electron chi connectivity index (χ1n) is 29.4. The number of para-hydroxylation sites is 1. The van der Waals surface area contributed by atoms with Crippen LogP contribution in [0.3, 0.4) is 0 Å². The quantitative estimate of drug-likeness (QED) is 0.154. The maximum Gasteiger partial charge on any atom is 0.148 e. The van der Waals surface area contributed by atoms with Crippen LogP contribution in [-0.4, -0.2) is 19.6 Å². The first-order chi connectivity index (χ1) is 36.6. The summed E-state index contributed by atoms with van der Waals surface area (Å²) in [5.74, 6) is -3.91. The molecule has 0 amide bonds. The van der Waals surface area contributed by atoms with E-state index in [9.17, 15) is 6.48 Å². The van der Waals surface area contributed by atoms with Gasteiger partial charge in [0.2, 0.25) is 0 Å². The second-order valence-electron chi connectivity index (χ2n) is 22.4. The average molecular weight is 1110 g/mol. The van der Waals surface area contributed by atoms with Crippen molar-refractivity contribution in [1.29, 1.82) is 0 Å². The molecule has 0 spiro atoms. The predicted molar refractivity (Wildman–Crippen MR) is 290 cm³/mol. The van der Waals surface area contributed by atoms with Gasteiger partial charge in [-0.05, 0) is 108 Å². The van der Waals surface area contributed by atoms with Crippen molar-refractivity contribution < 1.29 is 42.6 Å². The number of phenols is 1. The molecule has 69 heavy (non-hydrogen) atoms. The van der Waals surface area contributed by atoms with Gasteiger partial charge in [-0.1, -0.05) is 201 Å². The van der Waals surface area contributed by atoms with Crippen molar-refractivity contribution in [1.82, 2.24) is 14.5 Å². The normalized spacial score (nSPS) is 15.7. The molecule has 1 N–H and O–H groups in total. The summed E-state index contributed by atoms with van der Waals surface area (Å²) in [7, 11) is 0. The van der Waals surface area contributed by atoms with E-state index < -0.39 is 66.1 Å². The molecule has 8 aromatic rings. The second kappa shape index (κ2) is 19.0. The van der Waals surface area contributed by atoms with Crippen molar-refractivity contribution in [2.24, 2.45) is 0 Å². The molecule has 0 aliphatic heterocycles. The van der Waals surface area contributed by atoms with Crippen LogP contribution >= 0.6 is 0 Å². The summed E-state index contributed by atoms with van der Waals surface area (Å²) >= 11 is 0. The van der Waals surface area contributed by atoms with Crippen LogP contribution in [0.2, 0.25) is 0 Å².